The molecule has 0 amide bonds. The fourth-order valence-corrected chi connectivity index (χ4v) is 15.1. The number of nitrogens with zero attached hydrogens (tertiary/aromatic N) is 1. The Morgan fingerprint density at radius 1 is 0.476 bits per heavy atom. The van der Waals surface area contributed by atoms with Gasteiger partial charge in [-0.15, -0.1) is 0 Å². The Kier molecular flexibility index (Phi) is 11.5. The van der Waals surface area contributed by atoms with Crippen LogP contribution in [0.25, 0.3) is 44.8 Å². The van der Waals surface area contributed by atoms with Gasteiger partial charge in [-0.05, 0) is 218 Å². The van der Waals surface area contributed by atoms with Gasteiger partial charge in [-0.2, -0.15) is 0 Å². The second kappa shape index (κ2) is 16.7. The van der Waals surface area contributed by atoms with Crippen LogP contribution in [0.4, 0.5) is 0 Å². The van der Waals surface area contributed by atoms with Crippen LogP contribution in [0.15, 0.2) is 78.9 Å². The first-order valence-corrected chi connectivity index (χ1v) is 31.9. The van der Waals surface area contributed by atoms with Crippen LogP contribution in [-0.2, 0) is 33.7 Å². The van der Waals surface area contributed by atoms with Crippen LogP contribution >= 0.6 is 0 Å². The molecule has 8 fully saturated rings. The van der Waals surface area contributed by atoms with E-state index in [1.54, 1.807) is 0 Å². The summed E-state index contributed by atoms with van der Waals surface area (Å²) in [6.07, 6.45) is 15.2. The molecule has 8 bridgehead atoms. The van der Waals surface area contributed by atoms with Crippen molar-refractivity contribution in [2.75, 3.05) is 0 Å². The molecule has 0 saturated heterocycles. The third-order valence-corrected chi connectivity index (χ3v) is 17.0. The molecule has 0 unspecified atom stereocenters. The second-order valence-corrected chi connectivity index (χ2v) is 26.2. The van der Waals surface area contributed by atoms with Gasteiger partial charge < -0.3 is 10.2 Å². The van der Waals surface area contributed by atoms with E-state index in [0.29, 0.717) is 11.8 Å². The average Bonchev–Trinajstić information content (AvgIpc) is 3.24. The van der Waals surface area contributed by atoms with E-state index in [9.17, 15) is 0 Å². The number of benzene rings is 4. The van der Waals surface area contributed by atoms with E-state index in [0.717, 1.165) is 91.4 Å². The van der Waals surface area contributed by atoms with Gasteiger partial charge in [0.2, 0.25) is 0 Å². The van der Waals surface area contributed by atoms with Crippen molar-refractivity contribution >= 4 is 0 Å². The molecule has 0 aliphatic heterocycles. The molecule has 63 heavy (non-hydrogen) atoms. The molecule has 13 rings (SSSR count). The zero-order valence-corrected chi connectivity index (χ0v) is 43.0. The van der Waals surface area contributed by atoms with E-state index in [1.165, 1.54) is 99.3 Å². The Hall–Kier alpha value is -3.50. The van der Waals surface area contributed by atoms with Crippen LogP contribution in [-0.4, -0.2) is 4.98 Å². The van der Waals surface area contributed by atoms with Crippen molar-refractivity contribution in [3.8, 4) is 56.3 Å². The molecule has 1 aromatic heterocycles. The van der Waals surface area contributed by atoms with Crippen LogP contribution in [0.1, 0.15) is 150 Å². The summed E-state index contributed by atoms with van der Waals surface area (Å²) in [6, 6.07) is 28.6. The van der Waals surface area contributed by atoms with E-state index < -0.39 is 0 Å². The summed E-state index contributed by atoms with van der Waals surface area (Å²) in [6.45, 7) is 13.3. The molecular formula is C59H69HfNO2. The van der Waals surface area contributed by atoms with E-state index in [2.05, 4.69) is 130 Å². The molecule has 0 atom stereocenters. The van der Waals surface area contributed by atoms with E-state index in [1.807, 2.05) is 0 Å². The fourth-order valence-electron chi connectivity index (χ4n) is 15.1. The first-order chi connectivity index (χ1) is 30.2. The molecule has 326 valence electrons. The summed E-state index contributed by atoms with van der Waals surface area (Å²) < 4.78 is 4.64. The van der Waals surface area contributed by atoms with Gasteiger partial charge in [0.15, 0.2) is 0 Å². The van der Waals surface area contributed by atoms with Crippen LogP contribution in [0.5, 0.6) is 11.5 Å². The van der Waals surface area contributed by atoms with Gasteiger partial charge in [0.1, 0.15) is 0 Å². The van der Waals surface area contributed by atoms with E-state index in [-0.39, 0.29) is 45.2 Å². The summed E-state index contributed by atoms with van der Waals surface area (Å²) in [7, 11) is 0. The summed E-state index contributed by atoms with van der Waals surface area (Å²) in [5, 5.41) is 30.1. The third kappa shape index (κ3) is 7.82. The van der Waals surface area contributed by atoms with Crippen molar-refractivity contribution < 1.29 is 33.1 Å². The Bertz CT molecular complexity index is 2300. The van der Waals surface area contributed by atoms with Crippen LogP contribution in [0.2, 0.25) is 9.36 Å². The standard InChI is InChI=1S/C57H65NO2.2CH3.Hf/c1-32(2)42-10-12-44(48-14-34(5)16-50(54(48)59)56-26-36-18-37(27-56)20-38(19-36)28-56)46(24-42)52-8-7-9-53(58-52)47-25-43(33(3)4)11-13-45(47)49-15-35(6)17-51(55(49)60)57-29-39-21-40(30-57)23-41(22-39)31-57;;;/h7-17,24-25,32-33,36-41,59-60H,18-23,26-31H2,1-6H3;2*1H3;/q;;;+2/p-2. The molecular weight excluding hydrogens is 933 g/mol. The summed E-state index contributed by atoms with van der Waals surface area (Å²) in [5.74, 6) is 5.72. The number of pyridine rings is 1. The zero-order valence-electron chi connectivity index (χ0n) is 39.4. The monoisotopic (exact) mass is 1000 g/mol. The predicted molar refractivity (Wildman–Crippen MR) is 254 cm³/mol. The quantitative estimate of drug-likeness (QED) is 0.146. The normalized spacial score (nSPS) is 28.7. The summed E-state index contributed by atoms with van der Waals surface area (Å²) in [4.78, 5) is 5.54. The molecule has 0 spiro atoms. The van der Waals surface area contributed by atoms with Crippen molar-refractivity contribution in [1.82, 2.24) is 4.98 Å². The number of aromatic nitrogens is 1. The molecule has 5 aromatic rings. The molecule has 0 radical (unpaired) electrons. The molecule has 0 N–H and O–H groups in total. The van der Waals surface area contributed by atoms with Gasteiger partial charge in [0.05, 0.1) is 11.4 Å². The molecule has 4 heteroatoms. The van der Waals surface area contributed by atoms with Crippen LogP contribution in [0, 0.1) is 49.4 Å². The van der Waals surface area contributed by atoms with E-state index in [4.69, 9.17) is 4.98 Å². The Morgan fingerprint density at radius 3 is 1.13 bits per heavy atom. The number of aryl methyl sites for hydroxylation is 2. The first kappa shape index (κ1) is 43.4. The minimum absolute atomic E-state index is 0.0202. The van der Waals surface area contributed by atoms with Gasteiger partial charge >= 0.3 is 32.3 Å². The zero-order chi connectivity index (χ0) is 43.9. The molecule has 8 aliphatic carbocycles. The van der Waals surface area contributed by atoms with Gasteiger partial charge in [-0.1, -0.05) is 105 Å². The molecule has 8 saturated carbocycles. The molecule has 3 nitrogen and oxygen atoms in total. The molecule has 1 heterocycles. The first-order valence-electron chi connectivity index (χ1n) is 24.7. The van der Waals surface area contributed by atoms with Crippen molar-refractivity contribution in [1.29, 1.82) is 0 Å². The van der Waals surface area contributed by atoms with Gasteiger partial charge in [0.25, 0.3) is 0 Å². The SMILES string of the molecule is Cc1cc(-c2ccc(C(C)C)cc2-c2cccc(-c3cc(C(C)C)ccc3-c3cc(C)cc(C45CC6CC(CC(C6)C4)C5)c3[O-])n2)c([O-])c(C23CC4CC(CC(C4)C2)C3)c1.[CH3][Hf+2][CH3]. The summed E-state index contributed by atoms with van der Waals surface area (Å²) >= 11 is 0.0833. The van der Waals surface area contributed by atoms with Gasteiger partial charge in [0, 0.05) is 11.1 Å². The molecule has 8 aliphatic rings. The minimum atomic E-state index is 0.0202. The maximum absolute atomic E-state index is 15.1. The van der Waals surface area contributed by atoms with Gasteiger partial charge in [-0.3, -0.25) is 0 Å². The number of rotatable bonds is 8. The predicted octanol–water partition coefficient (Wildman–Crippen LogP) is 14.9. The van der Waals surface area contributed by atoms with E-state index >= 15 is 10.2 Å². The van der Waals surface area contributed by atoms with Crippen molar-refractivity contribution in [3.63, 3.8) is 0 Å². The van der Waals surface area contributed by atoms with Crippen molar-refractivity contribution in [2.24, 2.45) is 35.5 Å². The summed E-state index contributed by atoms with van der Waals surface area (Å²) in [5.41, 5.74) is 14.3. The van der Waals surface area contributed by atoms with Crippen molar-refractivity contribution in [2.45, 2.75) is 151 Å². The number of hydrogen-bond donors (Lipinski definition) is 0. The maximum atomic E-state index is 15.1. The average molecular weight is 1000 g/mol. The molecule has 4 aromatic carbocycles. The Labute approximate surface area is 390 Å². The number of hydrogen-bond acceptors (Lipinski definition) is 3. The van der Waals surface area contributed by atoms with Crippen LogP contribution in [0.3, 0.4) is 0 Å². The topological polar surface area (TPSA) is 59.0 Å². The van der Waals surface area contributed by atoms with Crippen LogP contribution < -0.4 is 10.2 Å². The van der Waals surface area contributed by atoms with Crippen molar-refractivity contribution in [3.05, 3.63) is 112 Å². The second-order valence-electron chi connectivity index (χ2n) is 22.6. The third-order valence-electron chi connectivity index (χ3n) is 17.0. The van der Waals surface area contributed by atoms with Gasteiger partial charge in [-0.25, -0.2) is 4.98 Å². The Morgan fingerprint density at radius 2 is 0.810 bits per heavy atom. The fraction of sp³-hybridized carbons (Fsp3) is 0.508. The Balaban J connectivity index is 0.00000153.